The monoisotopic (exact) mass is 378 g/mol. The standard InChI is InChI=1S/C21H22N4O3/c1-14(13-26)24-20(27)16-4-3-5-18(10-16)25-21-22-11-17(12-23-21)15-6-8-19(28-2)9-7-15/h3-12,14,26H,13H2,1-2H3,(H,24,27)(H,22,23,25)/t14-/m0/s1. The number of amides is 1. The average molecular weight is 378 g/mol. The highest BCUT2D eigenvalue weighted by atomic mass is 16.5. The number of aromatic nitrogens is 2. The number of methoxy groups -OCH3 is 1. The van der Waals surface area contributed by atoms with Crippen molar-refractivity contribution >= 4 is 17.5 Å². The molecule has 0 spiro atoms. The van der Waals surface area contributed by atoms with Crippen molar-refractivity contribution in [2.45, 2.75) is 13.0 Å². The molecule has 0 aliphatic heterocycles. The summed E-state index contributed by atoms with van der Waals surface area (Å²) >= 11 is 0. The zero-order valence-corrected chi connectivity index (χ0v) is 15.7. The van der Waals surface area contributed by atoms with Crippen LogP contribution in [-0.2, 0) is 0 Å². The number of ether oxygens (including phenoxy) is 1. The van der Waals surface area contributed by atoms with Crippen LogP contribution in [0.5, 0.6) is 5.75 Å². The molecule has 0 saturated carbocycles. The summed E-state index contributed by atoms with van der Waals surface area (Å²) in [6.07, 6.45) is 3.47. The van der Waals surface area contributed by atoms with Gasteiger partial charge in [0.25, 0.3) is 5.91 Å². The third-order valence-corrected chi connectivity index (χ3v) is 4.11. The van der Waals surface area contributed by atoms with E-state index in [1.165, 1.54) is 0 Å². The van der Waals surface area contributed by atoms with Gasteiger partial charge in [0.05, 0.1) is 13.7 Å². The maximum Gasteiger partial charge on any atom is 0.251 e. The van der Waals surface area contributed by atoms with Crippen molar-refractivity contribution in [3.05, 3.63) is 66.5 Å². The molecule has 28 heavy (non-hydrogen) atoms. The van der Waals surface area contributed by atoms with Crippen molar-refractivity contribution in [3.8, 4) is 16.9 Å². The van der Waals surface area contributed by atoms with Gasteiger partial charge in [-0.25, -0.2) is 9.97 Å². The van der Waals surface area contributed by atoms with Gasteiger partial charge >= 0.3 is 0 Å². The van der Waals surface area contributed by atoms with Crippen LogP contribution in [0.1, 0.15) is 17.3 Å². The molecule has 3 rings (SSSR count). The second-order valence-electron chi connectivity index (χ2n) is 6.29. The van der Waals surface area contributed by atoms with E-state index in [-0.39, 0.29) is 18.6 Å². The summed E-state index contributed by atoms with van der Waals surface area (Å²) in [4.78, 5) is 20.9. The van der Waals surface area contributed by atoms with E-state index in [9.17, 15) is 4.79 Å². The number of carbonyl (C=O) groups excluding carboxylic acids is 1. The van der Waals surface area contributed by atoms with Crippen LogP contribution in [0.4, 0.5) is 11.6 Å². The van der Waals surface area contributed by atoms with Crippen LogP contribution in [0, 0.1) is 0 Å². The Morgan fingerprint density at radius 3 is 2.46 bits per heavy atom. The molecule has 3 aromatic rings. The van der Waals surface area contributed by atoms with E-state index >= 15 is 0 Å². The second-order valence-corrected chi connectivity index (χ2v) is 6.29. The number of benzene rings is 2. The van der Waals surface area contributed by atoms with Crippen LogP contribution in [-0.4, -0.2) is 40.7 Å². The molecule has 3 N–H and O–H groups in total. The second kappa shape index (κ2) is 8.96. The lowest BCUT2D eigenvalue weighted by Crippen LogP contribution is -2.34. The van der Waals surface area contributed by atoms with E-state index < -0.39 is 0 Å². The van der Waals surface area contributed by atoms with Crippen molar-refractivity contribution in [2.75, 3.05) is 19.0 Å². The van der Waals surface area contributed by atoms with Gasteiger partial charge in [-0.1, -0.05) is 18.2 Å². The number of rotatable bonds is 7. The summed E-state index contributed by atoms with van der Waals surface area (Å²) in [5.41, 5.74) is 3.06. The molecule has 1 amide bonds. The van der Waals surface area contributed by atoms with Crippen molar-refractivity contribution in [1.29, 1.82) is 0 Å². The van der Waals surface area contributed by atoms with Crippen LogP contribution < -0.4 is 15.4 Å². The molecule has 0 radical (unpaired) electrons. The third kappa shape index (κ3) is 4.83. The molecule has 7 nitrogen and oxygen atoms in total. The minimum Gasteiger partial charge on any atom is -0.497 e. The van der Waals surface area contributed by atoms with Gasteiger partial charge in [-0.3, -0.25) is 4.79 Å². The normalized spacial score (nSPS) is 11.5. The zero-order valence-electron chi connectivity index (χ0n) is 15.7. The summed E-state index contributed by atoms with van der Waals surface area (Å²) in [5.74, 6) is 0.972. The van der Waals surface area contributed by atoms with Gasteiger partial charge in [-0.2, -0.15) is 0 Å². The van der Waals surface area contributed by atoms with Crippen molar-refractivity contribution in [2.24, 2.45) is 0 Å². The Bertz CT molecular complexity index is 927. The zero-order chi connectivity index (χ0) is 19.9. The average Bonchev–Trinajstić information content (AvgIpc) is 2.74. The quantitative estimate of drug-likeness (QED) is 0.585. The summed E-state index contributed by atoms with van der Waals surface area (Å²) < 4.78 is 5.16. The molecule has 0 saturated heterocycles. The smallest absolute Gasteiger partial charge is 0.251 e. The van der Waals surface area contributed by atoms with Crippen LogP contribution in [0.15, 0.2) is 60.9 Å². The predicted molar refractivity (Wildman–Crippen MR) is 108 cm³/mol. The van der Waals surface area contributed by atoms with Gasteiger partial charge in [0.1, 0.15) is 5.75 Å². The van der Waals surface area contributed by atoms with Crippen LogP contribution in [0.2, 0.25) is 0 Å². The van der Waals surface area contributed by atoms with Crippen molar-refractivity contribution in [3.63, 3.8) is 0 Å². The Labute approximate surface area is 163 Å². The third-order valence-electron chi connectivity index (χ3n) is 4.11. The number of aliphatic hydroxyl groups is 1. The first-order valence-corrected chi connectivity index (χ1v) is 8.84. The van der Waals surface area contributed by atoms with E-state index in [0.717, 1.165) is 16.9 Å². The van der Waals surface area contributed by atoms with Crippen LogP contribution >= 0.6 is 0 Å². The molecule has 0 unspecified atom stereocenters. The Hall–Kier alpha value is -3.45. The summed E-state index contributed by atoms with van der Waals surface area (Å²) in [6.45, 7) is 1.62. The highest BCUT2D eigenvalue weighted by Crippen LogP contribution is 2.22. The lowest BCUT2D eigenvalue weighted by atomic mass is 10.1. The molecular weight excluding hydrogens is 356 g/mol. The molecular formula is C21H22N4O3. The van der Waals surface area contributed by atoms with Gasteiger partial charge in [0, 0.05) is 35.2 Å². The van der Waals surface area contributed by atoms with Gasteiger partial charge < -0.3 is 20.5 Å². The van der Waals surface area contributed by atoms with Crippen molar-refractivity contribution < 1.29 is 14.6 Å². The van der Waals surface area contributed by atoms with E-state index in [1.807, 2.05) is 30.3 Å². The molecule has 144 valence electrons. The minimum absolute atomic E-state index is 0.113. The van der Waals surface area contributed by atoms with E-state index in [2.05, 4.69) is 20.6 Å². The summed E-state index contributed by atoms with van der Waals surface area (Å²) in [7, 11) is 1.63. The van der Waals surface area contributed by atoms with E-state index in [1.54, 1.807) is 44.6 Å². The molecule has 1 aromatic heterocycles. The molecule has 0 bridgehead atoms. The maximum atomic E-state index is 12.2. The molecule has 1 atom stereocenters. The number of hydrogen-bond donors (Lipinski definition) is 3. The fourth-order valence-corrected chi connectivity index (χ4v) is 2.55. The fraction of sp³-hybridized carbons (Fsp3) is 0.190. The molecule has 0 fully saturated rings. The molecule has 7 heteroatoms. The number of aliphatic hydroxyl groups excluding tert-OH is 1. The first-order valence-electron chi connectivity index (χ1n) is 8.84. The largest absolute Gasteiger partial charge is 0.497 e. The molecule has 2 aromatic carbocycles. The number of nitrogens with zero attached hydrogens (tertiary/aromatic N) is 2. The number of carbonyl (C=O) groups is 1. The Kier molecular flexibility index (Phi) is 6.18. The maximum absolute atomic E-state index is 12.2. The Balaban J connectivity index is 1.70. The number of anilines is 2. The summed E-state index contributed by atoms with van der Waals surface area (Å²) in [5, 5.41) is 14.9. The molecule has 0 aliphatic rings. The highest BCUT2D eigenvalue weighted by molar-refractivity contribution is 5.95. The summed E-state index contributed by atoms with van der Waals surface area (Å²) in [6, 6.07) is 14.4. The first kappa shape index (κ1) is 19.3. The van der Waals surface area contributed by atoms with E-state index in [0.29, 0.717) is 17.2 Å². The Morgan fingerprint density at radius 1 is 1.11 bits per heavy atom. The van der Waals surface area contributed by atoms with Crippen LogP contribution in [0.25, 0.3) is 11.1 Å². The topological polar surface area (TPSA) is 96.4 Å². The molecule has 1 heterocycles. The van der Waals surface area contributed by atoms with Crippen molar-refractivity contribution in [1.82, 2.24) is 15.3 Å². The first-order chi connectivity index (χ1) is 13.6. The SMILES string of the molecule is COc1ccc(-c2cnc(Nc3cccc(C(=O)N[C@@H](C)CO)c3)nc2)cc1. The Morgan fingerprint density at radius 2 is 1.82 bits per heavy atom. The molecule has 0 aliphatic carbocycles. The van der Waals surface area contributed by atoms with Gasteiger partial charge in [-0.05, 0) is 42.8 Å². The lowest BCUT2D eigenvalue weighted by Gasteiger charge is -2.12. The van der Waals surface area contributed by atoms with E-state index in [4.69, 9.17) is 9.84 Å². The van der Waals surface area contributed by atoms with Gasteiger partial charge in [0.15, 0.2) is 0 Å². The van der Waals surface area contributed by atoms with Crippen LogP contribution in [0.3, 0.4) is 0 Å². The predicted octanol–water partition coefficient (Wildman–Crippen LogP) is 3.01. The minimum atomic E-state index is -0.307. The highest BCUT2D eigenvalue weighted by Gasteiger charge is 2.10. The number of nitrogens with one attached hydrogen (secondary N) is 2. The fourth-order valence-electron chi connectivity index (χ4n) is 2.55. The lowest BCUT2D eigenvalue weighted by molar-refractivity contribution is 0.0922. The van der Waals surface area contributed by atoms with Gasteiger partial charge in [0.2, 0.25) is 5.95 Å². The van der Waals surface area contributed by atoms with Gasteiger partial charge in [-0.15, -0.1) is 0 Å². The number of hydrogen-bond acceptors (Lipinski definition) is 6.